The summed E-state index contributed by atoms with van der Waals surface area (Å²) in [5.74, 6) is -5.44. The Morgan fingerprint density at radius 2 is 1.68 bits per heavy atom. The number of aliphatic carboxylic acids is 2. The van der Waals surface area contributed by atoms with Gasteiger partial charge in [0.1, 0.15) is 0 Å². The number of fused-ring (bicyclic) bond motifs is 1. The molecule has 0 saturated heterocycles. The van der Waals surface area contributed by atoms with Crippen molar-refractivity contribution in [3.8, 4) is 11.5 Å². The lowest BCUT2D eigenvalue weighted by Crippen LogP contribution is -2.54. The molecule has 1 aliphatic heterocycles. The minimum atomic E-state index is -2.70. The predicted molar refractivity (Wildman–Crippen MR) is 78.0 cm³/mol. The SMILES string of the molecule is CC(Cc1ccc2c(c1)OC(C(=O)O)(C(=O)O)O2)C(C)(C)C. The number of carboxylic acid groups (broad SMARTS) is 2. The lowest BCUT2D eigenvalue weighted by Gasteiger charge is -2.27. The van der Waals surface area contributed by atoms with Gasteiger partial charge in [-0.05, 0) is 35.4 Å². The Morgan fingerprint density at radius 3 is 2.18 bits per heavy atom. The summed E-state index contributed by atoms with van der Waals surface area (Å²) < 4.78 is 10.1. The third kappa shape index (κ3) is 2.73. The molecular formula is C16H20O6. The summed E-state index contributed by atoms with van der Waals surface area (Å²) in [4.78, 5) is 22.4. The first-order valence-electron chi connectivity index (χ1n) is 7.04. The normalized spacial score (nSPS) is 17.1. The second kappa shape index (κ2) is 5.19. The number of carbonyl (C=O) groups is 2. The van der Waals surface area contributed by atoms with Crippen LogP contribution in [0.5, 0.6) is 11.5 Å². The molecule has 1 aliphatic rings. The molecule has 6 heteroatoms. The molecule has 0 amide bonds. The van der Waals surface area contributed by atoms with E-state index >= 15 is 0 Å². The Kier molecular flexibility index (Phi) is 3.81. The van der Waals surface area contributed by atoms with Gasteiger partial charge in [-0.2, -0.15) is 0 Å². The summed E-state index contributed by atoms with van der Waals surface area (Å²) in [7, 11) is 0. The highest BCUT2D eigenvalue weighted by Gasteiger charge is 2.57. The molecule has 1 atom stereocenters. The van der Waals surface area contributed by atoms with E-state index in [0.29, 0.717) is 5.92 Å². The first kappa shape index (κ1) is 16.1. The van der Waals surface area contributed by atoms with Crippen molar-refractivity contribution in [2.75, 3.05) is 0 Å². The van der Waals surface area contributed by atoms with E-state index in [-0.39, 0.29) is 16.9 Å². The Hall–Kier alpha value is -2.24. The molecule has 0 aromatic heterocycles. The van der Waals surface area contributed by atoms with Crippen molar-refractivity contribution in [2.24, 2.45) is 11.3 Å². The summed E-state index contributed by atoms with van der Waals surface area (Å²) in [5, 5.41) is 18.2. The van der Waals surface area contributed by atoms with Crippen molar-refractivity contribution in [1.82, 2.24) is 0 Å². The quantitative estimate of drug-likeness (QED) is 0.830. The number of hydrogen-bond donors (Lipinski definition) is 2. The zero-order valence-electron chi connectivity index (χ0n) is 13.0. The largest absolute Gasteiger partial charge is 0.475 e. The van der Waals surface area contributed by atoms with E-state index in [2.05, 4.69) is 27.7 Å². The molecule has 0 bridgehead atoms. The highest BCUT2D eigenvalue weighted by atomic mass is 16.8. The van der Waals surface area contributed by atoms with Crippen molar-refractivity contribution in [3.05, 3.63) is 23.8 Å². The fraction of sp³-hybridized carbons (Fsp3) is 0.500. The average molecular weight is 308 g/mol. The van der Waals surface area contributed by atoms with Gasteiger partial charge in [-0.25, -0.2) is 9.59 Å². The second-order valence-corrected chi connectivity index (χ2v) is 6.68. The smallest absolute Gasteiger partial charge is 0.453 e. The van der Waals surface area contributed by atoms with Crippen LogP contribution in [0.4, 0.5) is 0 Å². The fourth-order valence-corrected chi connectivity index (χ4v) is 2.10. The number of hydrogen-bond acceptors (Lipinski definition) is 4. The molecule has 1 unspecified atom stereocenters. The molecule has 6 nitrogen and oxygen atoms in total. The van der Waals surface area contributed by atoms with Crippen molar-refractivity contribution in [1.29, 1.82) is 0 Å². The van der Waals surface area contributed by atoms with Crippen molar-refractivity contribution in [2.45, 2.75) is 39.9 Å². The Bertz CT molecular complexity index is 600. The maximum atomic E-state index is 11.2. The third-order valence-corrected chi connectivity index (χ3v) is 4.10. The Balaban J connectivity index is 2.26. The minimum Gasteiger partial charge on any atom is -0.475 e. The van der Waals surface area contributed by atoms with Crippen LogP contribution in [0.3, 0.4) is 0 Å². The first-order valence-corrected chi connectivity index (χ1v) is 7.04. The maximum Gasteiger partial charge on any atom is 0.453 e. The number of carboxylic acids is 2. The standard InChI is InChI=1S/C16H20O6/c1-9(15(2,3)4)7-10-5-6-11-12(8-10)22-16(21-11,13(17)18)14(19)20/h5-6,8-9H,7H2,1-4H3,(H,17,18)(H,19,20). The molecule has 22 heavy (non-hydrogen) atoms. The van der Waals surface area contributed by atoms with E-state index in [1.807, 2.05) is 0 Å². The van der Waals surface area contributed by atoms with Crippen molar-refractivity contribution in [3.63, 3.8) is 0 Å². The van der Waals surface area contributed by atoms with Crippen molar-refractivity contribution < 1.29 is 29.3 Å². The zero-order valence-corrected chi connectivity index (χ0v) is 13.0. The molecule has 1 aromatic carbocycles. The van der Waals surface area contributed by atoms with E-state index in [0.717, 1.165) is 12.0 Å². The molecule has 120 valence electrons. The van der Waals surface area contributed by atoms with E-state index in [1.54, 1.807) is 18.2 Å². The van der Waals surface area contributed by atoms with Crippen LogP contribution < -0.4 is 9.47 Å². The lowest BCUT2D eigenvalue weighted by atomic mass is 9.78. The fourth-order valence-electron chi connectivity index (χ4n) is 2.10. The summed E-state index contributed by atoms with van der Waals surface area (Å²) in [6.45, 7) is 8.56. The van der Waals surface area contributed by atoms with Gasteiger partial charge < -0.3 is 19.7 Å². The highest BCUT2D eigenvalue weighted by molar-refractivity contribution is 6.01. The molecular weight excluding hydrogens is 288 g/mol. The summed E-state index contributed by atoms with van der Waals surface area (Å²) in [5.41, 5.74) is 1.07. The Morgan fingerprint density at radius 1 is 1.14 bits per heavy atom. The molecule has 0 saturated carbocycles. The van der Waals surface area contributed by atoms with Gasteiger partial charge >= 0.3 is 17.7 Å². The monoisotopic (exact) mass is 308 g/mol. The molecule has 1 aromatic rings. The van der Waals surface area contributed by atoms with Gasteiger partial charge in [0, 0.05) is 0 Å². The number of benzene rings is 1. The van der Waals surface area contributed by atoms with Crippen LogP contribution >= 0.6 is 0 Å². The Labute approximate surface area is 128 Å². The van der Waals surface area contributed by atoms with Crippen LogP contribution in [0.15, 0.2) is 18.2 Å². The van der Waals surface area contributed by atoms with Gasteiger partial charge in [-0.15, -0.1) is 0 Å². The predicted octanol–water partition coefficient (Wildman–Crippen LogP) is 2.55. The summed E-state index contributed by atoms with van der Waals surface area (Å²) in [6.07, 6.45) is 0.771. The summed E-state index contributed by atoms with van der Waals surface area (Å²) in [6, 6.07) is 4.99. The first-order chi connectivity index (χ1) is 10.1. The molecule has 0 spiro atoms. The highest BCUT2D eigenvalue weighted by Crippen LogP contribution is 2.41. The molecule has 2 rings (SSSR count). The van der Waals surface area contributed by atoms with Gasteiger partial charge in [0.25, 0.3) is 0 Å². The molecule has 1 heterocycles. The molecule has 0 aliphatic carbocycles. The van der Waals surface area contributed by atoms with Gasteiger partial charge in [-0.1, -0.05) is 33.8 Å². The van der Waals surface area contributed by atoms with Gasteiger partial charge in [-0.3, -0.25) is 0 Å². The lowest BCUT2D eigenvalue weighted by molar-refractivity contribution is -0.194. The van der Waals surface area contributed by atoms with Crippen LogP contribution in [0.25, 0.3) is 0 Å². The second-order valence-electron chi connectivity index (χ2n) is 6.68. The van der Waals surface area contributed by atoms with Crippen LogP contribution in [0.2, 0.25) is 0 Å². The van der Waals surface area contributed by atoms with Crippen molar-refractivity contribution >= 4 is 11.9 Å². The van der Waals surface area contributed by atoms with Crippen LogP contribution in [0.1, 0.15) is 33.3 Å². The zero-order chi connectivity index (χ0) is 16.7. The molecule has 2 N–H and O–H groups in total. The van der Waals surface area contributed by atoms with Gasteiger partial charge in [0.15, 0.2) is 11.5 Å². The number of rotatable bonds is 4. The van der Waals surface area contributed by atoms with Crippen LogP contribution in [-0.4, -0.2) is 27.9 Å². The maximum absolute atomic E-state index is 11.2. The van der Waals surface area contributed by atoms with Gasteiger partial charge in [0.05, 0.1) is 0 Å². The third-order valence-electron chi connectivity index (χ3n) is 4.10. The average Bonchev–Trinajstić information content (AvgIpc) is 2.77. The van der Waals surface area contributed by atoms with E-state index < -0.39 is 17.7 Å². The topological polar surface area (TPSA) is 93.1 Å². The van der Waals surface area contributed by atoms with E-state index in [1.165, 1.54) is 0 Å². The van der Waals surface area contributed by atoms with E-state index in [4.69, 9.17) is 19.7 Å². The minimum absolute atomic E-state index is 0.122. The molecule has 0 radical (unpaired) electrons. The summed E-state index contributed by atoms with van der Waals surface area (Å²) >= 11 is 0. The van der Waals surface area contributed by atoms with E-state index in [9.17, 15) is 9.59 Å². The number of ether oxygens (including phenoxy) is 2. The molecule has 0 fully saturated rings. The van der Waals surface area contributed by atoms with Gasteiger partial charge in [0.2, 0.25) is 0 Å². The van der Waals surface area contributed by atoms with Crippen LogP contribution in [0, 0.1) is 11.3 Å². The van der Waals surface area contributed by atoms with Crippen LogP contribution in [-0.2, 0) is 16.0 Å².